The second-order valence-electron chi connectivity index (χ2n) is 6.36. The van der Waals surface area contributed by atoms with Crippen LogP contribution in [0, 0.1) is 0 Å². The van der Waals surface area contributed by atoms with Gasteiger partial charge in [-0.25, -0.2) is 9.48 Å². The Bertz CT molecular complexity index is 1080. The SMILES string of the molecule is COc1ccc(Nc2c(-c3ccccc3)cnn2-c2ccccc2)c(C(=O)O)c1. The van der Waals surface area contributed by atoms with Crippen molar-refractivity contribution in [1.82, 2.24) is 9.78 Å². The van der Waals surface area contributed by atoms with Crippen molar-refractivity contribution in [3.05, 3.63) is 90.6 Å². The summed E-state index contributed by atoms with van der Waals surface area (Å²) in [5, 5.41) is 17.5. The van der Waals surface area contributed by atoms with Crippen LogP contribution in [0.1, 0.15) is 10.4 Å². The van der Waals surface area contributed by atoms with Crippen molar-refractivity contribution in [3.63, 3.8) is 0 Å². The molecule has 0 radical (unpaired) electrons. The number of hydrogen-bond acceptors (Lipinski definition) is 4. The molecule has 0 aliphatic carbocycles. The molecule has 2 N–H and O–H groups in total. The van der Waals surface area contributed by atoms with Gasteiger partial charge in [-0.1, -0.05) is 48.5 Å². The quantitative estimate of drug-likeness (QED) is 0.489. The summed E-state index contributed by atoms with van der Waals surface area (Å²) in [7, 11) is 1.51. The van der Waals surface area contributed by atoms with Crippen LogP contribution in [0.5, 0.6) is 5.75 Å². The summed E-state index contributed by atoms with van der Waals surface area (Å²) in [5.41, 5.74) is 3.27. The molecule has 0 spiro atoms. The van der Waals surface area contributed by atoms with Gasteiger partial charge < -0.3 is 15.2 Å². The second kappa shape index (κ2) is 7.90. The number of methoxy groups -OCH3 is 1. The Labute approximate surface area is 168 Å². The molecule has 0 bridgehead atoms. The first-order valence-electron chi connectivity index (χ1n) is 9.04. The minimum absolute atomic E-state index is 0.115. The lowest BCUT2D eigenvalue weighted by atomic mass is 10.1. The van der Waals surface area contributed by atoms with E-state index in [1.165, 1.54) is 13.2 Å². The predicted octanol–water partition coefficient (Wildman–Crippen LogP) is 4.99. The highest BCUT2D eigenvalue weighted by molar-refractivity contribution is 5.96. The number of carbonyl (C=O) groups is 1. The molecule has 0 saturated heterocycles. The summed E-state index contributed by atoms with van der Waals surface area (Å²) in [6, 6.07) is 24.4. The summed E-state index contributed by atoms with van der Waals surface area (Å²) in [5.74, 6) is 0.112. The number of rotatable bonds is 6. The lowest BCUT2D eigenvalue weighted by Gasteiger charge is -2.15. The van der Waals surface area contributed by atoms with Crippen LogP contribution < -0.4 is 10.1 Å². The summed E-state index contributed by atoms with van der Waals surface area (Å²) >= 11 is 0. The van der Waals surface area contributed by atoms with Crippen LogP contribution >= 0.6 is 0 Å². The minimum atomic E-state index is -1.04. The number of aromatic nitrogens is 2. The molecule has 0 saturated carbocycles. The maximum atomic E-state index is 11.8. The van der Waals surface area contributed by atoms with Gasteiger partial charge in [0.15, 0.2) is 0 Å². The van der Waals surface area contributed by atoms with Crippen molar-refractivity contribution in [2.24, 2.45) is 0 Å². The van der Waals surface area contributed by atoms with Crippen LogP contribution in [0.25, 0.3) is 16.8 Å². The Kier molecular flexibility index (Phi) is 4.99. The fourth-order valence-corrected chi connectivity index (χ4v) is 3.13. The van der Waals surface area contributed by atoms with Gasteiger partial charge in [0.2, 0.25) is 0 Å². The number of nitrogens with zero attached hydrogens (tertiary/aromatic N) is 2. The van der Waals surface area contributed by atoms with Crippen molar-refractivity contribution in [2.75, 3.05) is 12.4 Å². The number of aromatic carboxylic acids is 1. The molecular formula is C23H19N3O3. The molecule has 4 rings (SSSR count). The summed E-state index contributed by atoms with van der Waals surface area (Å²) in [4.78, 5) is 11.8. The van der Waals surface area contributed by atoms with Crippen molar-refractivity contribution in [1.29, 1.82) is 0 Å². The van der Waals surface area contributed by atoms with Crippen LogP contribution in [-0.4, -0.2) is 28.0 Å². The van der Waals surface area contributed by atoms with Gasteiger partial charge >= 0.3 is 5.97 Å². The summed E-state index contributed by atoms with van der Waals surface area (Å²) in [6.07, 6.45) is 1.77. The molecule has 4 aromatic rings. The molecular weight excluding hydrogens is 366 g/mol. The average molecular weight is 385 g/mol. The summed E-state index contributed by atoms with van der Waals surface area (Å²) < 4.78 is 6.93. The third-order valence-electron chi connectivity index (χ3n) is 4.56. The van der Waals surface area contributed by atoms with Crippen LogP contribution in [0.2, 0.25) is 0 Å². The Morgan fingerprint density at radius 3 is 2.34 bits per heavy atom. The van der Waals surface area contributed by atoms with Gasteiger partial charge in [0.1, 0.15) is 11.6 Å². The van der Waals surface area contributed by atoms with Crippen molar-refractivity contribution >= 4 is 17.5 Å². The van der Waals surface area contributed by atoms with E-state index in [1.54, 1.807) is 23.0 Å². The highest BCUT2D eigenvalue weighted by Crippen LogP contribution is 2.34. The van der Waals surface area contributed by atoms with E-state index >= 15 is 0 Å². The minimum Gasteiger partial charge on any atom is -0.497 e. The van der Waals surface area contributed by atoms with E-state index in [4.69, 9.17) is 4.74 Å². The number of carboxylic acids is 1. The molecule has 1 aromatic heterocycles. The standard InChI is InChI=1S/C23H19N3O3/c1-29-18-12-13-21(19(14-18)23(27)28)25-22-20(16-8-4-2-5-9-16)15-24-26(22)17-10-6-3-7-11-17/h2-15,25H,1H3,(H,27,28). The van der Waals surface area contributed by atoms with E-state index in [-0.39, 0.29) is 5.56 Å². The van der Waals surface area contributed by atoms with Crippen LogP contribution in [0.3, 0.4) is 0 Å². The van der Waals surface area contributed by atoms with Crippen molar-refractivity contribution < 1.29 is 14.6 Å². The van der Waals surface area contributed by atoms with Gasteiger partial charge in [-0.2, -0.15) is 5.10 Å². The molecule has 0 amide bonds. The molecule has 29 heavy (non-hydrogen) atoms. The Morgan fingerprint density at radius 1 is 1.00 bits per heavy atom. The number of carboxylic acid groups (broad SMARTS) is 1. The van der Waals surface area contributed by atoms with Gasteiger partial charge in [0.05, 0.1) is 30.2 Å². The highest BCUT2D eigenvalue weighted by atomic mass is 16.5. The van der Waals surface area contributed by atoms with E-state index in [0.29, 0.717) is 17.3 Å². The second-order valence-corrected chi connectivity index (χ2v) is 6.36. The fourth-order valence-electron chi connectivity index (χ4n) is 3.13. The van der Waals surface area contributed by atoms with Crippen LogP contribution in [0.4, 0.5) is 11.5 Å². The van der Waals surface area contributed by atoms with E-state index in [9.17, 15) is 9.90 Å². The maximum Gasteiger partial charge on any atom is 0.337 e. The normalized spacial score (nSPS) is 10.5. The summed E-state index contributed by atoms with van der Waals surface area (Å²) in [6.45, 7) is 0. The third kappa shape index (κ3) is 3.68. The lowest BCUT2D eigenvalue weighted by molar-refractivity contribution is 0.0697. The van der Waals surface area contributed by atoms with E-state index in [0.717, 1.165) is 16.8 Å². The number of ether oxygens (including phenoxy) is 1. The van der Waals surface area contributed by atoms with Crippen molar-refractivity contribution in [3.8, 4) is 22.6 Å². The Morgan fingerprint density at radius 2 is 1.69 bits per heavy atom. The first-order valence-corrected chi connectivity index (χ1v) is 9.04. The number of nitrogens with one attached hydrogen (secondary N) is 1. The first kappa shape index (κ1) is 18.3. The van der Waals surface area contributed by atoms with E-state index < -0.39 is 5.97 Å². The van der Waals surface area contributed by atoms with E-state index in [1.807, 2.05) is 60.7 Å². The fraction of sp³-hybridized carbons (Fsp3) is 0.0435. The zero-order valence-corrected chi connectivity index (χ0v) is 15.7. The molecule has 0 aliphatic heterocycles. The first-order chi connectivity index (χ1) is 14.2. The molecule has 6 nitrogen and oxygen atoms in total. The largest absolute Gasteiger partial charge is 0.497 e. The number of para-hydroxylation sites is 1. The maximum absolute atomic E-state index is 11.8. The van der Waals surface area contributed by atoms with Crippen LogP contribution in [-0.2, 0) is 0 Å². The Hall–Kier alpha value is -4.06. The smallest absolute Gasteiger partial charge is 0.337 e. The molecule has 0 aliphatic rings. The number of anilines is 2. The third-order valence-corrected chi connectivity index (χ3v) is 4.56. The molecule has 0 atom stereocenters. The van der Waals surface area contributed by atoms with Gasteiger partial charge in [-0.15, -0.1) is 0 Å². The lowest BCUT2D eigenvalue weighted by Crippen LogP contribution is -2.07. The van der Waals surface area contributed by atoms with Gasteiger partial charge in [-0.05, 0) is 35.9 Å². The molecule has 0 unspecified atom stereocenters. The van der Waals surface area contributed by atoms with Crippen molar-refractivity contribution in [2.45, 2.75) is 0 Å². The van der Waals surface area contributed by atoms with Gasteiger partial charge in [0, 0.05) is 5.56 Å². The highest BCUT2D eigenvalue weighted by Gasteiger charge is 2.18. The zero-order chi connectivity index (χ0) is 20.2. The number of hydrogen-bond donors (Lipinski definition) is 2. The Balaban J connectivity index is 1.86. The average Bonchev–Trinajstić information content (AvgIpc) is 3.18. The van der Waals surface area contributed by atoms with Gasteiger partial charge in [-0.3, -0.25) is 0 Å². The molecule has 144 valence electrons. The zero-order valence-electron chi connectivity index (χ0n) is 15.7. The molecule has 1 heterocycles. The molecule has 6 heteroatoms. The molecule has 3 aromatic carbocycles. The van der Waals surface area contributed by atoms with Crippen LogP contribution in [0.15, 0.2) is 85.1 Å². The predicted molar refractivity (Wildman–Crippen MR) is 112 cm³/mol. The monoisotopic (exact) mass is 385 g/mol. The number of benzene rings is 3. The van der Waals surface area contributed by atoms with E-state index in [2.05, 4.69) is 10.4 Å². The van der Waals surface area contributed by atoms with Gasteiger partial charge in [0.25, 0.3) is 0 Å². The molecule has 0 fully saturated rings. The topological polar surface area (TPSA) is 76.4 Å².